The molecule has 24 heavy (non-hydrogen) atoms. The predicted molar refractivity (Wildman–Crippen MR) is 113 cm³/mol. The molecule has 1 heterocycles. The molecule has 0 saturated carbocycles. The van der Waals surface area contributed by atoms with Crippen molar-refractivity contribution in [2.45, 2.75) is 29.4 Å². The third-order valence-corrected chi connectivity index (χ3v) is 6.94. The molecule has 136 valence electrons. The van der Waals surface area contributed by atoms with E-state index in [1.807, 2.05) is 17.8 Å². The molecule has 0 aliphatic carbocycles. The molecular formula is C16H26IN3O2S2. The van der Waals surface area contributed by atoms with Gasteiger partial charge in [0.2, 0.25) is 0 Å². The lowest BCUT2D eigenvalue weighted by Gasteiger charge is -2.14. The first kappa shape index (κ1) is 21.6. The topological polar surface area (TPSA) is 70.6 Å². The van der Waals surface area contributed by atoms with Crippen LogP contribution in [0, 0.1) is 0 Å². The molecule has 0 amide bonds. The number of rotatable bonds is 7. The van der Waals surface area contributed by atoms with Crippen LogP contribution in [-0.2, 0) is 9.84 Å². The Hall–Kier alpha value is -0.480. The maximum Gasteiger partial charge on any atom is 0.191 e. The number of nitrogens with one attached hydrogen (secondary N) is 2. The second-order valence-corrected chi connectivity index (χ2v) is 9.02. The van der Waals surface area contributed by atoms with E-state index < -0.39 is 9.84 Å². The van der Waals surface area contributed by atoms with E-state index in [1.165, 1.54) is 18.6 Å². The number of sulfone groups is 1. The Balaban J connectivity index is 0.00000288. The molecular weight excluding hydrogens is 457 g/mol. The van der Waals surface area contributed by atoms with Gasteiger partial charge in [-0.3, -0.25) is 4.99 Å². The van der Waals surface area contributed by atoms with E-state index in [-0.39, 0.29) is 29.7 Å². The van der Waals surface area contributed by atoms with Crippen LogP contribution < -0.4 is 10.6 Å². The summed E-state index contributed by atoms with van der Waals surface area (Å²) in [6.07, 6.45) is 3.10. The van der Waals surface area contributed by atoms with E-state index >= 15 is 0 Å². The molecule has 8 heteroatoms. The maximum atomic E-state index is 12.2. The normalized spacial score (nSPS) is 18.0. The summed E-state index contributed by atoms with van der Waals surface area (Å²) in [6, 6.07) is 8.60. The number of benzene rings is 1. The molecule has 1 unspecified atom stereocenters. The van der Waals surface area contributed by atoms with Crippen LogP contribution in [0.1, 0.15) is 19.3 Å². The molecule has 2 rings (SSSR count). The molecule has 1 aliphatic rings. The molecule has 0 radical (unpaired) electrons. The first-order valence-corrected chi connectivity index (χ1v) is 10.7. The van der Waals surface area contributed by atoms with Gasteiger partial charge in [0.1, 0.15) is 0 Å². The maximum absolute atomic E-state index is 12.2. The summed E-state index contributed by atoms with van der Waals surface area (Å²) in [5.74, 6) is 2.13. The SMILES string of the molecule is CN=C(NCCCS(=O)(=O)c1ccccc1)NCC1CCCS1.I. The molecule has 1 aromatic rings. The highest BCUT2D eigenvalue weighted by Gasteiger charge is 2.16. The summed E-state index contributed by atoms with van der Waals surface area (Å²) in [7, 11) is -1.46. The highest BCUT2D eigenvalue weighted by Crippen LogP contribution is 2.25. The van der Waals surface area contributed by atoms with Crippen molar-refractivity contribution in [3.8, 4) is 0 Å². The highest BCUT2D eigenvalue weighted by atomic mass is 127. The Morgan fingerprint density at radius 3 is 2.67 bits per heavy atom. The van der Waals surface area contributed by atoms with Crippen LogP contribution in [0.4, 0.5) is 0 Å². The Morgan fingerprint density at radius 2 is 2.04 bits per heavy atom. The summed E-state index contributed by atoms with van der Waals surface area (Å²) in [5.41, 5.74) is 0. The van der Waals surface area contributed by atoms with Crippen LogP contribution in [0.25, 0.3) is 0 Å². The molecule has 1 atom stereocenters. The minimum atomic E-state index is -3.19. The lowest BCUT2D eigenvalue weighted by molar-refractivity contribution is 0.592. The van der Waals surface area contributed by atoms with Gasteiger partial charge in [-0.15, -0.1) is 24.0 Å². The average Bonchev–Trinajstić information content (AvgIpc) is 3.08. The quantitative estimate of drug-likeness (QED) is 0.270. The standard InChI is InChI=1S/C16H25N3O2S2.HI/c1-17-16(19-13-14-7-5-11-22-14)18-10-6-12-23(20,21)15-8-3-2-4-9-15;/h2-4,8-9,14H,5-7,10-13H2,1H3,(H2,17,18,19);1H. The lowest BCUT2D eigenvalue weighted by Crippen LogP contribution is -2.40. The second kappa shape index (κ2) is 11.2. The first-order chi connectivity index (χ1) is 11.1. The van der Waals surface area contributed by atoms with Gasteiger partial charge in [-0.25, -0.2) is 8.42 Å². The van der Waals surface area contributed by atoms with Gasteiger partial charge in [0, 0.05) is 25.4 Å². The molecule has 2 N–H and O–H groups in total. The molecule has 1 aliphatic heterocycles. The lowest BCUT2D eigenvalue weighted by atomic mass is 10.2. The van der Waals surface area contributed by atoms with Crippen molar-refractivity contribution in [1.82, 2.24) is 10.6 Å². The van der Waals surface area contributed by atoms with Crippen molar-refractivity contribution in [2.75, 3.05) is 31.6 Å². The zero-order valence-corrected chi connectivity index (χ0v) is 17.9. The Bertz CT molecular complexity index is 603. The van der Waals surface area contributed by atoms with Crippen LogP contribution in [0.3, 0.4) is 0 Å². The molecule has 5 nitrogen and oxygen atoms in total. The number of hydrogen-bond acceptors (Lipinski definition) is 4. The van der Waals surface area contributed by atoms with E-state index in [0.717, 1.165) is 12.5 Å². The number of nitrogens with zero attached hydrogens (tertiary/aromatic N) is 1. The van der Waals surface area contributed by atoms with Crippen molar-refractivity contribution >= 4 is 51.5 Å². The van der Waals surface area contributed by atoms with Crippen LogP contribution in [0.15, 0.2) is 40.2 Å². The van der Waals surface area contributed by atoms with Gasteiger partial charge in [0.05, 0.1) is 10.6 Å². The average molecular weight is 483 g/mol. The molecule has 0 spiro atoms. The first-order valence-electron chi connectivity index (χ1n) is 7.96. The minimum Gasteiger partial charge on any atom is -0.356 e. The number of halogens is 1. The predicted octanol–water partition coefficient (Wildman–Crippen LogP) is 2.53. The fraction of sp³-hybridized carbons (Fsp3) is 0.562. The molecule has 1 saturated heterocycles. The Morgan fingerprint density at radius 1 is 1.29 bits per heavy atom. The van der Waals surface area contributed by atoms with Crippen LogP contribution in [0.2, 0.25) is 0 Å². The number of aliphatic imine (C=N–C) groups is 1. The van der Waals surface area contributed by atoms with Crippen molar-refractivity contribution < 1.29 is 8.42 Å². The van der Waals surface area contributed by atoms with E-state index in [4.69, 9.17) is 0 Å². The van der Waals surface area contributed by atoms with Crippen molar-refractivity contribution in [1.29, 1.82) is 0 Å². The fourth-order valence-corrected chi connectivity index (χ4v) is 4.98. The number of hydrogen-bond donors (Lipinski definition) is 2. The van der Waals surface area contributed by atoms with Gasteiger partial charge in [-0.2, -0.15) is 11.8 Å². The summed E-state index contributed by atoms with van der Waals surface area (Å²) < 4.78 is 24.3. The third kappa shape index (κ3) is 7.18. The van der Waals surface area contributed by atoms with Crippen molar-refractivity contribution in [3.05, 3.63) is 30.3 Å². The van der Waals surface area contributed by atoms with E-state index in [0.29, 0.717) is 23.1 Å². The van der Waals surface area contributed by atoms with Gasteiger partial charge in [0.15, 0.2) is 15.8 Å². The third-order valence-electron chi connectivity index (χ3n) is 3.73. The molecule has 0 bridgehead atoms. The monoisotopic (exact) mass is 483 g/mol. The Kier molecular flexibility index (Phi) is 10.1. The van der Waals surface area contributed by atoms with Crippen LogP contribution in [0.5, 0.6) is 0 Å². The number of thioether (sulfide) groups is 1. The summed E-state index contributed by atoms with van der Waals surface area (Å²) >= 11 is 2.00. The minimum absolute atomic E-state index is 0. The van der Waals surface area contributed by atoms with Gasteiger partial charge in [-0.05, 0) is 37.1 Å². The molecule has 1 fully saturated rings. The fourth-order valence-electron chi connectivity index (χ4n) is 2.45. The van der Waals surface area contributed by atoms with E-state index in [9.17, 15) is 8.42 Å². The smallest absolute Gasteiger partial charge is 0.191 e. The van der Waals surface area contributed by atoms with Gasteiger partial charge in [0.25, 0.3) is 0 Å². The van der Waals surface area contributed by atoms with Gasteiger partial charge >= 0.3 is 0 Å². The van der Waals surface area contributed by atoms with Crippen molar-refractivity contribution in [3.63, 3.8) is 0 Å². The van der Waals surface area contributed by atoms with Crippen LogP contribution in [-0.4, -0.2) is 51.3 Å². The van der Waals surface area contributed by atoms with Gasteiger partial charge < -0.3 is 10.6 Å². The largest absolute Gasteiger partial charge is 0.356 e. The summed E-state index contributed by atoms with van der Waals surface area (Å²) in [6.45, 7) is 1.50. The summed E-state index contributed by atoms with van der Waals surface area (Å²) in [5, 5.41) is 7.15. The van der Waals surface area contributed by atoms with Crippen LogP contribution >= 0.6 is 35.7 Å². The zero-order valence-electron chi connectivity index (χ0n) is 13.9. The van der Waals surface area contributed by atoms with Gasteiger partial charge in [-0.1, -0.05) is 18.2 Å². The zero-order chi connectivity index (χ0) is 16.5. The summed E-state index contributed by atoms with van der Waals surface area (Å²) in [4.78, 5) is 4.57. The van der Waals surface area contributed by atoms with E-state index in [1.54, 1.807) is 31.3 Å². The molecule has 1 aromatic carbocycles. The number of guanidine groups is 1. The van der Waals surface area contributed by atoms with E-state index in [2.05, 4.69) is 15.6 Å². The van der Waals surface area contributed by atoms with Crippen molar-refractivity contribution in [2.24, 2.45) is 4.99 Å². The highest BCUT2D eigenvalue weighted by molar-refractivity contribution is 14.0. The molecule has 0 aromatic heterocycles. The second-order valence-electron chi connectivity index (χ2n) is 5.50. The Labute approximate surface area is 166 Å².